The molecular weight excluding hydrogens is 320 g/mol. The van der Waals surface area contributed by atoms with Crippen molar-refractivity contribution in [3.8, 4) is 0 Å². The molecule has 1 fully saturated rings. The molecule has 0 aromatic rings. The molecule has 1 heterocycles. The molecule has 0 spiro atoms. The molecule has 0 aromatic carbocycles. The van der Waals surface area contributed by atoms with Gasteiger partial charge in [0, 0.05) is 12.0 Å². The molecule has 0 amide bonds. The Morgan fingerprint density at radius 2 is 1.84 bits per heavy atom. The van der Waals surface area contributed by atoms with Crippen LogP contribution < -0.4 is 0 Å². The van der Waals surface area contributed by atoms with E-state index in [2.05, 4.69) is 27.7 Å². The SMILES string of the molecule is CC(C)C(C/C=C1\CC(CO)(COC(=O)C(C)(C)C)OC1=O)C(C)C. The normalized spacial score (nSPS) is 23.0. The molecular formula is C20H34O5. The largest absolute Gasteiger partial charge is 0.461 e. The molecule has 1 rings (SSSR count). The van der Waals surface area contributed by atoms with E-state index < -0.39 is 17.0 Å². The summed E-state index contributed by atoms with van der Waals surface area (Å²) in [5, 5.41) is 9.73. The lowest BCUT2D eigenvalue weighted by Gasteiger charge is -2.26. The molecule has 5 heteroatoms. The van der Waals surface area contributed by atoms with E-state index in [9.17, 15) is 14.7 Å². The van der Waals surface area contributed by atoms with Crippen LogP contribution in [0.4, 0.5) is 0 Å². The number of carbonyl (C=O) groups excluding carboxylic acids is 2. The summed E-state index contributed by atoms with van der Waals surface area (Å²) in [5.41, 5.74) is -1.23. The van der Waals surface area contributed by atoms with E-state index in [1.165, 1.54) is 0 Å². The van der Waals surface area contributed by atoms with Crippen LogP contribution >= 0.6 is 0 Å². The quantitative estimate of drug-likeness (QED) is 0.559. The standard InChI is InChI=1S/C20H34O5/c1-13(2)16(14(3)4)9-8-15-10-20(11-21,25-17(15)22)12-24-18(23)19(5,6)7/h8,13-14,16,21H,9-12H2,1-7H3/b15-8+. The Morgan fingerprint density at radius 3 is 2.28 bits per heavy atom. The van der Waals surface area contributed by atoms with Gasteiger partial charge in [0.1, 0.15) is 6.61 Å². The van der Waals surface area contributed by atoms with Crippen LogP contribution in [0.3, 0.4) is 0 Å². The van der Waals surface area contributed by atoms with Crippen LogP contribution in [0, 0.1) is 23.2 Å². The van der Waals surface area contributed by atoms with Crippen LogP contribution in [0.2, 0.25) is 0 Å². The Morgan fingerprint density at radius 1 is 1.28 bits per heavy atom. The predicted octanol–water partition coefficient (Wildman–Crippen LogP) is 3.50. The van der Waals surface area contributed by atoms with Crippen molar-refractivity contribution in [1.82, 2.24) is 0 Å². The number of rotatable bonds is 7. The first-order chi connectivity index (χ1) is 11.4. The lowest BCUT2D eigenvalue weighted by atomic mass is 9.82. The van der Waals surface area contributed by atoms with Gasteiger partial charge >= 0.3 is 11.9 Å². The minimum Gasteiger partial charge on any atom is -0.461 e. The summed E-state index contributed by atoms with van der Waals surface area (Å²) in [4.78, 5) is 24.1. The molecule has 5 nitrogen and oxygen atoms in total. The van der Waals surface area contributed by atoms with Crippen LogP contribution in [0.15, 0.2) is 11.6 Å². The van der Waals surface area contributed by atoms with E-state index >= 15 is 0 Å². The minimum atomic E-state index is -1.16. The maximum absolute atomic E-state index is 12.2. The molecule has 1 N–H and O–H groups in total. The monoisotopic (exact) mass is 354 g/mol. The fourth-order valence-electron chi connectivity index (χ4n) is 3.09. The third-order valence-corrected chi connectivity index (χ3v) is 4.80. The van der Waals surface area contributed by atoms with Crippen LogP contribution in [-0.2, 0) is 19.1 Å². The zero-order valence-electron chi connectivity index (χ0n) is 16.7. The Balaban J connectivity index is 2.80. The zero-order chi connectivity index (χ0) is 19.4. The van der Waals surface area contributed by atoms with Gasteiger partial charge in [-0.1, -0.05) is 33.8 Å². The molecule has 1 unspecified atom stereocenters. The Kier molecular flexibility index (Phi) is 7.24. The molecule has 1 aliphatic rings. The number of hydrogen-bond donors (Lipinski definition) is 1. The van der Waals surface area contributed by atoms with E-state index in [1.54, 1.807) is 20.8 Å². The lowest BCUT2D eigenvalue weighted by Crippen LogP contribution is -2.40. The molecule has 0 aromatic heterocycles. The van der Waals surface area contributed by atoms with Gasteiger partial charge in [-0.3, -0.25) is 4.79 Å². The van der Waals surface area contributed by atoms with Crippen LogP contribution in [0.25, 0.3) is 0 Å². The highest BCUT2D eigenvalue weighted by atomic mass is 16.6. The number of aliphatic hydroxyl groups excluding tert-OH is 1. The highest BCUT2D eigenvalue weighted by Gasteiger charge is 2.45. The van der Waals surface area contributed by atoms with Crippen molar-refractivity contribution in [3.05, 3.63) is 11.6 Å². The summed E-state index contributed by atoms with van der Waals surface area (Å²) in [6.07, 6.45) is 2.99. The molecule has 1 atom stereocenters. The van der Waals surface area contributed by atoms with Crippen molar-refractivity contribution in [2.24, 2.45) is 23.2 Å². The van der Waals surface area contributed by atoms with Gasteiger partial charge in [0.05, 0.1) is 12.0 Å². The van der Waals surface area contributed by atoms with Gasteiger partial charge in [-0.15, -0.1) is 0 Å². The van der Waals surface area contributed by atoms with Crippen LogP contribution in [-0.4, -0.2) is 35.9 Å². The van der Waals surface area contributed by atoms with Crippen molar-refractivity contribution < 1.29 is 24.2 Å². The average Bonchev–Trinajstić information content (AvgIpc) is 2.80. The van der Waals surface area contributed by atoms with E-state index in [4.69, 9.17) is 9.47 Å². The molecule has 25 heavy (non-hydrogen) atoms. The van der Waals surface area contributed by atoms with Crippen LogP contribution in [0.1, 0.15) is 61.3 Å². The molecule has 0 radical (unpaired) electrons. The summed E-state index contributed by atoms with van der Waals surface area (Å²) in [5.74, 6) is 0.706. The first kappa shape index (κ1) is 21.7. The van der Waals surface area contributed by atoms with Crippen molar-refractivity contribution in [2.45, 2.75) is 66.9 Å². The van der Waals surface area contributed by atoms with Crippen molar-refractivity contribution in [1.29, 1.82) is 0 Å². The maximum atomic E-state index is 12.2. The first-order valence-corrected chi connectivity index (χ1v) is 9.12. The number of allylic oxidation sites excluding steroid dienone is 1. The molecule has 1 saturated heterocycles. The second kappa shape index (κ2) is 8.35. The predicted molar refractivity (Wildman–Crippen MR) is 96.8 cm³/mol. The van der Waals surface area contributed by atoms with E-state index in [-0.39, 0.29) is 25.6 Å². The molecule has 0 saturated carbocycles. The molecule has 0 aliphatic carbocycles. The van der Waals surface area contributed by atoms with Crippen molar-refractivity contribution in [2.75, 3.05) is 13.2 Å². The smallest absolute Gasteiger partial charge is 0.334 e. The topological polar surface area (TPSA) is 72.8 Å². The number of hydrogen-bond acceptors (Lipinski definition) is 5. The minimum absolute atomic E-state index is 0.125. The second-order valence-electron chi connectivity index (χ2n) is 8.85. The molecule has 1 aliphatic heterocycles. The van der Waals surface area contributed by atoms with Gasteiger partial charge in [0.15, 0.2) is 5.60 Å². The maximum Gasteiger partial charge on any atom is 0.334 e. The highest BCUT2D eigenvalue weighted by molar-refractivity contribution is 5.91. The number of cyclic esters (lactones) is 1. The Labute approximate surface area is 151 Å². The first-order valence-electron chi connectivity index (χ1n) is 9.12. The summed E-state index contributed by atoms with van der Waals surface area (Å²) < 4.78 is 10.7. The number of ether oxygens (including phenoxy) is 2. The third kappa shape index (κ3) is 5.84. The van der Waals surface area contributed by atoms with Gasteiger partial charge in [0.2, 0.25) is 0 Å². The number of aliphatic hydroxyl groups is 1. The second-order valence-corrected chi connectivity index (χ2v) is 8.85. The van der Waals surface area contributed by atoms with Gasteiger partial charge < -0.3 is 14.6 Å². The summed E-state index contributed by atoms with van der Waals surface area (Å²) >= 11 is 0. The summed E-state index contributed by atoms with van der Waals surface area (Å²) in [6, 6.07) is 0. The van der Waals surface area contributed by atoms with E-state index in [0.717, 1.165) is 6.42 Å². The van der Waals surface area contributed by atoms with Crippen molar-refractivity contribution in [3.63, 3.8) is 0 Å². The van der Waals surface area contributed by atoms with E-state index in [0.29, 0.717) is 23.3 Å². The fourth-order valence-corrected chi connectivity index (χ4v) is 3.09. The van der Waals surface area contributed by atoms with Gasteiger partial charge in [-0.05, 0) is 44.9 Å². The van der Waals surface area contributed by atoms with Gasteiger partial charge in [0.25, 0.3) is 0 Å². The number of esters is 2. The fraction of sp³-hybridized carbons (Fsp3) is 0.800. The zero-order valence-corrected chi connectivity index (χ0v) is 16.7. The average molecular weight is 354 g/mol. The highest BCUT2D eigenvalue weighted by Crippen LogP contribution is 2.33. The van der Waals surface area contributed by atoms with Gasteiger partial charge in [-0.2, -0.15) is 0 Å². The molecule has 0 bridgehead atoms. The summed E-state index contributed by atoms with van der Waals surface area (Å²) in [7, 11) is 0. The van der Waals surface area contributed by atoms with Crippen molar-refractivity contribution >= 4 is 11.9 Å². The summed E-state index contributed by atoms with van der Waals surface area (Å²) in [6.45, 7) is 13.5. The van der Waals surface area contributed by atoms with E-state index in [1.807, 2.05) is 6.08 Å². The van der Waals surface area contributed by atoms with Crippen LogP contribution in [0.5, 0.6) is 0 Å². The molecule has 144 valence electrons. The lowest BCUT2D eigenvalue weighted by molar-refractivity contribution is -0.171. The third-order valence-electron chi connectivity index (χ3n) is 4.80. The Hall–Kier alpha value is -1.36. The number of carbonyl (C=O) groups is 2. The van der Waals surface area contributed by atoms with Gasteiger partial charge in [-0.25, -0.2) is 4.79 Å². The Bertz CT molecular complexity index is 505.